The Bertz CT molecular complexity index is 572. The second-order valence-corrected chi connectivity index (χ2v) is 10.3. The first kappa shape index (κ1) is 26.1. The molecule has 0 aliphatic carbocycles. The minimum Gasteiger partial charge on any atom is -0.379 e. The van der Waals surface area contributed by atoms with Crippen molar-refractivity contribution >= 4 is 29.4 Å². The van der Waals surface area contributed by atoms with E-state index in [1.165, 1.54) is 0 Å². The number of thioether (sulfide) groups is 1. The average Bonchev–Trinajstić information content (AvgIpc) is 3.25. The molecule has 3 unspecified atom stereocenters. The van der Waals surface area contributed by atoms with Crippen molar-refractivity contribution in [1.82, 2.24) is 10.6 Å². The maximum Gasteiger partial charge on any atom is 0.220 e. The Kier molecular flexibility index (Phi) is 12.5. The van der Waals surface area contributed by atoms with Gasteiger partial charge in [-0.15, -0.1) is 0 Å². The van der Waals surface area contributed by atoms with Crippen LogP contribution in [0.4, 0.5) is 0 Å². The minimum atomic E-state index is 0.0629. The number of carbonyl (C=O) groups excluding carboxylic acids is 3. The number of hydrogen-bond acceptors (Lipinski definition) is 6. The molecule has 0 radical (unpaired) electrons. The van der Waals surface area contributed by atoms with Crippen LogP contribution in [0.25, 0.3) is 0 Å². The fourth-order valence-corrected chi connectivity index (χ4v) is 5.74. The van der Waals surface area contributed by atoms with Crippen LogP contribution in [0.2, 0.25) is 0 Å². The zero-order valence-corrected chi connectivity index (χ0v) is 20.0. The predicted molar refractivity (Wildman–Crippen MR) is 123 cm³/mol. The van der Waals surface area contributed by atoms with Gasteiger partial charge in [0.2, 0.25) is 11.8 Å². The first-order valence-electron chi connectivity index (χ1n) is 11.8. The van der Waals surface area contributed by atoms with Gasteiger partial charge >= 0.3 is 0 Å². The van der Waals surface area contributed by atoms with E-state index in [0.29, 0.717) is 87.6 Å². The third kappa shape index (κ3) is 10.8. The molecule has 0 aromatic rings. The molecule has 0 bridgehead atoms. The molecular weight excluding hydrogens is 416 g/mol. The summed E-state index contributed by atoms with van der Waals surface area (Å²) in [7, 11) is 0. The van der Waals surface area contributed by atoms with Crippen LogP contribution in [-0.2, 0) is 23.9 Å². The van der Waals surface area contributed by atoms with Crippen LogP contribution in [0.5, 0.6) is 0 Å². The lowest BCUT2D eigenvalue weighted by Crippen LogP contribution is -2.34. The summed E-state index contributed by atoms with van der Waals surface area (Å²) in [5.41, 5.74) is 0. The van der Waals surface area contributed by atoms with Gasteiger partial charge in [-0.2, -0.15) is 11.8 Å². The van der Waals surface area contributed by atoms with Gasteiger partial charge in [-0.3, -0.25) is 14.4 Å². The number of fused-ring (bicyclic) bond motifs is 1. The molecule has 0 aromatic carbocycles. The molecule has 178 valence electrons. The van der Waals surface area contributed by atoms with Crippen LogP contribution in [0.3, 0.4) is 0 Å². The van der Waals surface area contributed by atoms with E-state index < -0.39 is 0 Å². The summed E-state index contributed by atoms with van der Waals surface area (Å²) in [6.07, 6.45) is 6.27. The van der Waals surface area contributed by atoms with E-state index in [1.54, 1.807) is 0 Å². The van der Waals surface area contributed by atoms with Crippen LogP contribution in [-0.4, -0.2) is 67.6 Å². The van der Waals surface area contributed by atoms with E-state index in [0.717, 1.165) is 31.4 Å². The number of unbranched alkanes of at least 4 members (excludes halogenated alkanes) is 1. The number of Topliss-reactive ketones (excluding diaryl/α,β-unsaturated/α-hetero) is 1. The lowest BCUT2D eigenvalue weighted by molar-refractivity contribution is -0.122. The molecule has 2 heterocycles. The standard InChI is InChI=1S/C23H40N2O5S/c1-17(2)14-21(27)24-9-11-30-13-12-29-10-5-7-19(26)6-3-4-8-20-23-18(16-31-20)15-22(28)25-23/h17-18,20,23H,3-16H2,1-2H3,(H,24,27)(H,25,28). The van der Waals surface area contributed by atoms with Crippen molar-refractivity contribution in [3.63, 3.8) is 0 Å². The maximum atomic E-state index is 12.0. The maximum absolute atomic E-state index is 12.0. The van der Waals surface area contributed by atoms with E-state index in [2.05, 4.69) is 10.6 Å². The van der Waals surface area contributed by atoms with Crippen LogP contribution < -0.4 is 10.6 Å². The number of hydrogen-bond donors (Lipinski definition) is 2. The number of rotatable bonds is 17. The highest BCUT2D eigenvalue weighted by Gasteiger charge is 2.42. The molecule has 2 saturated heterocycles. The Balaban J connectivity index is 1.33. The van der Waals surface area contributed by atoms with E-state index in [4.69, 9.17) is 9.47 Å². The van der Waals surface area contributed by atoms with Gasteiger partial charge in [0, 0.05) is 50.1 Å². The Morgan fingerprint density at radius 2 is 1.84 bits per heavy atom. The SMILES string of the molecule is CC(C)CC(=O)NCCOCCOCCCC(=O)CCCCC1SCC2CC(=O)NC21. The first-order valence-corrected chi connectivity index (χ1v) is 12.9. The highest BCUT2D eigenvalue weighted by molar-refractivity contribution is 8.00. The van der Waals surface area contributed by atoms with Crippen molar-refractivity contribution in [2.45, 2.75) is 76.5 Å². The van der Waals surface area contributed by atoms with Crippen LogP contribution >= 0.6 is 11.8 Å². The van der Waals surface area contributed by atoms with Crippen molar-refractivity contribution in [1.29, 1.82) is 0 Å². The number of ketones is 1. The fourth-order valence-electron chi connectivity index (χ4n) is 4.09. The van der Waals surface area contributed by atoms with Gasteiger partial charge in [0.05, 0.1) is 19.8 Å². The molecule has 2 rings (SSSR count). The van der Waals surface area contributed by atoms with Gasteiger partial charge in [0.15, 0.2) is 0 Å². The lowest BCUT2D eigenvalue weighted by atomic mass is 9.97. The number of ether oxygens (including phenoxy) is 2. The van der Waals surface area contributed by atoms with Gasteiger partial charge in [-0.25, -0.2) is 0 Å². The number of nitrogens with one attached hydrogen (secondary N) is 2. The van der Waals surface area contributed by atoms with E-state index in [-0.39, 0.29) is 11.8 Å². The molecule has 2 amide bonds. The molecule has 0 aromatic heterocycles. The molecule has 8 heteroatoms. The third-order valence-electron chi connectivity index (χ3n) is 5.68. The topological polar surface area (TPSA) is 93.7 Å². The molecule has 0 saturated carbocycles. The van der Waals surface area contributed by atoms with Crippen molar-refractivity contribution in [2.24, 2.45) is 11.8 Å². The summed E-state index contributed by atoms with van der Waals surface area (Å²) in [6, 6.07) is 0.359. The summed E-state index contributed by atoms with van der Waals surface area (Å²) < 4.78 is 10.9. The molecule has 0 spiro atoms. The van der Waals surface area contributed by atoms with Crippen LogP contribution in [0, 0.1) is 11.8 Å². The van der Waals surface area contributed by atoms with Crippen molar-refractivity contribution < 1.29 is 23.9 Å². The molecular formula is C23H40N2O5S. The molecule has 2 fully saturated rings. The van der Waals surface area contributed by atoms with Gasteiger partial charge < -0.3 is 20.1 Å². The Morgan fingerprint density at radius 1 is 1.10 bits per heavy atom. The third-order valence-corrected chi connectivity index (χ3v) is 7.26. The highest BCUT2D eigenvalue weighted by Crippen LogP contribution is 2.39. The smallest absolute Gasteiger partial charge is 0.220 e. The van der Waals surface area contributed by atoms with Crippen LogP contribution in [0.15, 0.2) is 0 Å². The Labute approximate surface area is 191 Å². The van der Waals surface area contributed by atoms with Crippen molar-refractivity contribution in [3.05, 3.63) is 0 Å². The van der Waals surface area contributed by atoms with Gasteiger partial charge in [0.1, 0.15) is 5.78 Å². The fraction of sp³-hybridized carbons (Fsp3) is 0.870. The van der Waals surface area contributed by atoms with Gasteiger partial charge in [-0.1, -0.05) is 20.3 Å². The molecule has 3 atom stereocenters. The van der Waals surface area contributed by atoms with E-state index in [1.807, 2.05) is 25.6 Å². The molecule has 7 nitrogen and oxygen atoms in total. The summed E-state index contributed by atoms with van der Waals surface area (Å²) in [6.45, 7) is 6.62. The van der Waals surface area contributed by atoms with Crippen molar-refractivity contribution in [2.75, 3.05) is 38.7 Å². The average molecular weight is 457 g/mol. The van der Waals surface area contributed by atoms with Gasteiger partial charge in [0.25, 0.3) is 0 Å². The van der Waals surface area contributed by atoms with Crippen molar-refractivity contribution in [3.8, 4) is 0 Å². The van der Waals surface area contributed by atoms with Gasteiger partial charge in [-0.05, 0) is 36.9 Å². The monoisotopic (exact) mass is 456 g/mol. The largest absolute Gasteiger partial charge is 0.379 e. The lowest BCUT2D eigenvalue weighted by Gasteiger charge is -2.17. The summed E-state index contributed by atoms with van der Waals surface area (Å²) >= 11 is 1.98. The van der Waals surface area contributed by atoms with E-state index in [9.17, 15) is 14.4 Å². The normalized spacial score (nSPS) is 22.5. The highest BCUT2D eigenvalue weighted by atomic mass is 32.2. The number of carbonyl (C=O) groups is 3. The molecule has 2 aliphatic heterocycles. The zero-order valence-electron chi connectivity index (χ0n) is 19.2. The summed E-state index contributed by atoms with van der Waals surface area (Å²) in [5, 5.41) is 6.47. The minimum absolute atomic E-state index is 0.0629. The predicted octanol–water partition coefficient (Wildman–Crippen LogP) is 2.71. The Morgan fingerprint density at radius 3 is 2.61 bits per heavy atom. The second-order valence-electron chi connectivity index (χ2n) is 8.99. The summed E-state index contributed by atoms with van der Waals surface area (Å²) in [4.78, 5) is 35.0. The van der Waals surface area contributed by atoms with Crippen LogP contribution in [0.1, 0.15) is 65.2 Å². The quantitative estimate of drug-likeness (QED) is 0.327. The Hall–Kier alpha value is -1.12. The summed E-state index contributed by atoms with van der Waals surface area (Å²) in [5.74, 6) is 2.55. The zero-order chi connectivity index (χ0) is 22.5. The molecule has 2 N–H and O–H groups in total. The molecule has 31 heavy (non-hydrogen) atoms. The first-order chi connectivity index (χ1) is 15.0. The van der Waals surface area contributed by atoms with E-state index >= 15 is 0 Å². The second kappa shape index (κ2) is 14.9. The number of amides is 2. The molecule has 2 aliphatic rings.